The standard InChI is InChI=1S/C42H37N9O6/c1-24(52)49-17-18-50-35(23-49)37(48-38(50)41(56)43-2)28-10-6-9-26-19-33(46-21-30(26)28)27-12-13-32(45-20-27)39(54)44-16-4-3-7-25-8-5-11-29-31(25)22-51(42(29)57)34-14-15-36(53)47-40(34)55/h5-6,8-13,19-21,34H,4,14-18,22-23H2,1-2H3,(H,43,56)(H,44,54)(H,47,53,55). The van der Waals surface area contributed by atoms with E-state index in [0.717, 1.165) is 27.6 Å². The number of amides is 6. The molecule has 15 heteroatoms. The number of hydrogen-bond donors (Lipinski definition) is 3. The molecule has 57 heavy (non-hydrogen) atoms. The monoisotopic (exact) mass is 763 g/mol. The molecule has 0 radical (unpaired) electrons. The molecule has 6 heterocycles. The first-order chi connectivity index (χ1) is 27.6. The second-order valence-corrected chi connectivity index (χ2v) is 14.0. The first-order valence-corrected chi connectivity index (χ1v) is 18.6. The number of nitrogens with one attached hydrogen (secondary N) is 3. The minimum atomic E-state index is -0.702. The van der Waals surface area contributed by atoms with Gasteiger partial charge in [0.2, 0.25) is 17.7 Å². The van der Waals surface area contributed by atoms with Gasteiger partial charge in [-0.2, -0.15) is 0 Å². The van der Waals surface area contributed by atoms with Crippen LogP contribution in [0.1, 0.15) is 74.5 Å². The van der Waals surface area contributed by atoms with E-state index in [9.17, 15) is 28.8 Å². The molecule has 5 aromatic rings. The molecule has 3 aliphatic heterocycles. The normalized spacial score (nSPS) is 16.0. The third-order valence-electron chi connectivity index (χ3n) is 10.5. The maximum Gasteiger partial charge on any atom is 0.287 e. The fourth-order valence-corrected chi connectivity index (χ4v) is 7.54. The molecule has 3 N–H and O–H groups in total. The van der Waals surface area contributed by atoms with Gasteiger partial charge in [0, 0.05) is 93.0 Å². The average Bonchev–Trinajstić information content (AvgIpc) is 3.77. The molecule has 8 rings (SSSR count). The maximum absolute atomic E-state index is 13.1. The molecule has 286 valence electrons. The van der Waals surface area contributed by atoms with E-state index < -0.39 is 11.9 Å². The molecule has 6 amide bonds. The lowest BCUT2D eigenvalue weighted by Crippen LogP contribution is -2.52. The van der Waals surface area contributed by atoms with Crippen molar-refractivity contribution in [2.24, 2.45) is 0 Å². The first kappa shape index (κ1) is 36.8. The first-order valence-electron chi connectivity index (χ1n) is 18.6. The Balaban J connectivity index is 0.922. The molecule has 3 aromatic heterocycles. The smallest absolute Gasteiger partial charge is 0.287 e. The molecule has 0 saturated carbocycles. The van der Waals surface area contributed by atoms with Crippen molar-refractivity contribution in [3.05, 3.63) is 101 Å². The van der Waals surface area contributed by atoms with Crippen molar-refractivity contribution in [1.29, 1.82) is 0 Å². The summed E-state index contributed by atoms with van der Waals surface area (Å²) in [5, 5.41) is 9.54. The Morgan fingerprint density at radius 1 is 0.947 bits per heavy atom. The number of carbonyl (C=O) groups excluding carboxylic acids is 6. The number of hydrogen-bond acceptors (Lipinski definition) is 9. The second-order valence-electron chi connectivity index (χ2n) is 14.0. The Morgan fingerprint density at radius 3 is 2.54 bits per heavy atom. The summed E-state index contributed by atoms with van der Waals surface area (Å²) in [7, 11) is 1.56. The fourth-order valence-electron chi connectivity index (χ4n) is 7.54. The maximum atomic E-state index is 13.1. The van der Waals surface area contributed by atoms with Gasteiger partial charge in [-0.3, -0.25) is 44.1 Å². The van der Waals surface area contributed by atoms with E-state index in [2.05, 4.69) is 32.8 Å². The summed E-state index contributed by atoms with van der Waals surface area (Å²) in [6.07, 6.45) is 4.18. The van der Waals surface area contributed by atoms with Crippen molar-refractivity contribution in [2.45, 2.75) is 51.9 Å². The summed E-state index contributed by atoms with van der Waals surface area (Å²) in [5.41, 5.74) is 5.72. The zero-order valence-corrected chi connectivity index (χ0v) is 31.2. The minimum Gasteiger partial charge on any atom is -0.352 e. The van der Waals surface area contributed by atoms with E-state index in [1.807, 2.05) is 34.9 Å². The summed E-state index contributed by atoms with van der Waals surface area (Å²) in [5.74, 6) is 4.71. The van der Waals surface area contributed by atoms with Crippen LogP contribution in [-0.2, 0) is 34.0 Å². The Bertz CT molecular complexity index is 2590. The van der Waals surface area contributed by atoms with Crippen LogP contribution in [-0.4, -0.2) is 90.9 Å². The number of nitrogens with zero attached hydrogens (tertiary/aromatic N) is 6. The highest BCUT2D eigenvalue weighted by Gasteiger charge is 2.39. The third kappa shape index (κ3) is 6.97. The molecular weight excluding hydrogens is 727 g/mol. The van der Waals surface area contributed by atoms with E-state index >= 15 is 0 Å². The number of rotatable bonds is 7. The molecule has 0 spiro atoms. The Kier molecular flexibility index (Phi) is 9.76. The Morgan fingerprint density at radius 2 is 1.77 bits per heavy atom. The Hall–Kier alpha value is -7.21. The summed E-state index contributed by atoms with van der Waals surface area (Å²) in [6, 6.07) is 15.7. The van der Waals surface area contributed by atoms with E-state index in [1.165, 1.54) is 11.8 Å². The highest BCUT2D eigenvalue weighted by atomic mass is 16.2. The number of aromatic nitrogens is 4. The molecule has 15 nitrogen and oxygen atoms in total. The van der Waals surface area contributed by atoms with Gasteiger partial charge in [-0.05, 0) is 47.7 Å². The lowest BCUT2D eigenvalue weighted by Gasteiger charge is -2.29. The summed E-state index contributed by atoms with van der Waals surface area (Å²) < 4.78 is 1.88. The van der Waals surface area contributed by atoms with Crippen LogP contribution in [0.3, 0.4) is 0 Å². The van der Waals surface area contributed by atoms with Gasteiger partial charge in [0.1, 0.15) is 11.7 Å². The van der Waals surface area contributed by atoms with Gasteiger partial charge in [-0.1, -0.05) is 36.1 Å². The van der Waals surface area contributed by atoms with Gasteiger partial charge >= 0.3 is 0 Å². The van der Waals surface area contributed by atoms with Crippen molar-refractivity contribution in [3.63, 3.8) is 0 Å². The van der Waals surface area contributed by atoms with Crippen molar-refractivity contribution < 1.29 is 28.8 Å². The highest BCUT2D eigenvalue weighted by molar-refractivity contribution is 6.06. The van der Waals surface area contributed by atoms with Gasteiger partial charge in [0.05, 0.1) is 23.6 Å². The topological polar surface area (TPSA) is 189 Å². The summed E-state index contributed by atoms with van der Waals surface area (Å²) in [6.45, 7) is 3.33. The molecule has 0 bridgehead atoms. The second kappa shape index (κ2) is 15.1. The fraction of sp³-hybridized carbons (Fsp3) is 0.262. The van der Waals surface area contributed by atoms with Crippen LogP contribution in [0.25, 0.3) is 33.3 Å². The quantitative estimate of drug-likeness (QED) is 0.127. The molecule has 1 saturated heterocycles. The van der Waals surface area contributed by atoms with E-state index in [0.29, 0.717) is 60.0 Å². The third-order valence-corrected chi connectivity index (χ3v) is 10.5. The lowest BCUT2D eigenvalue weighted by atomic mass is 10.0. The van der Waals surface area contributed by atoms with Crippen LogP contribution in [0.15, 0.2) is 67.0 Å². The van der Waals surface area contributed by atoms with Crippen molar-refractivity contribution in [3.8, 4) is 34.4 Å². The zero-order valence-electron chi connectivity index (χ0n) is 31.2. The number of benzene rings is 2. The van der Waals surface area contributed by atoms with Crippen LogP contribution in [0.5, 0.6) is 0 Å². The largest absolute Gasteiger partial charge is 0.352 e. The van der Waals surface area contributed by atoms with Crippen LogP contribution in [0, 0.1) is 11.8 Å². The summed E-state index contributed by atoms with van der Waals surface area (Å²) >= 11 is 0. The van der Waals surface area contributed by atoms with Crippen LogP contribution >= 0.6 is 0 Å². The van der Waals surface area contributed by atoms with E-state index in [-0.39, 0.29) is 61.2 Å². The predicted octanol–water partition coefficient (Wildman–Crippen LogP) is 2.81. The van der Waals surface area contributed by atoms with E-state index in [1.54, 1.807) is 48.6 Å². The van der Waals surface area contributed by atoms with Gasteiger partial charge in [-0.25, -0.2) is 4.98 Å². The van der Waals surface area contributed by atoms with Crippen LogP contribution in [0.4, 0.5) is 0 Å². The van der Waals surface area contributed by atoms with Crippen LogP contribution in [0.2, 0.25) is 0 Å². The molecule has 0 aliphatic carbocycles. The number of fused-ring (bicyclic) bond motifs is 3. The minimum absolute atomic E-state index is 0.0450. The molecule has 1 fully saturated rings. The van der Waals surface area contributed by atoms with Gasteiger partial charge in [0.15, 0.2) is 5.82 Å². The predicted molar refractivity (Wildman–Crippen MR) is 207 cm³/mol. The van der Waals surface area contributed by atoms with Crippen LogP contribution < -0.4 is 16.0 Å². The van der Waals surface area contributed by atoms with Gasteiger partial charge in [-0.15, -0.1) is 0 Å². The van der Waals surface area contributed by atoms with Gasteiger partial charge in [0.25, 0.3) is 17.7 Å². The number of imide groups is 1. The molecule has 1 unspecified atom stereocenters. The van der Waals surface area contributed by atoms with Crippen molar-refractivity contribution in [2.75, 3.05) is 20.1 Å². The number of piperidine rings is 1. The summed E-state index contributed by atoms with van der Waals surface area (Å²) in [4.78, 5) is 92.2. The number of pyridine rings is 2. The van der Waals surface area contributed by atoms with Crippen molar-refractivity contribution >= 4 is 46.2 Å². The number of imidazole rings is 1. The molecular formula is C42H37N9O6. The average molecular weight is 764 g/mol. The zero-order chi connectivity index (χ0) is 39.8. The SMILES string of the molecule is CNC(=O)c1nc(-c2cccc3cc(-c4ccc(C(=O)NCCC#Cc5cccc6c5CN(C5CCC(=O)NC5=O)C6=O)nc4)ncc23)c2n1CCN(C(C)=O)C2. The highest BCUT2D eigenvalue weighted by Crippen LogP contribution is 2.35. The molecule has 2 aromatic carbocycles. The molecule has 3 aliphatic rings. The lowest BCUT2D eigenvalue weighted by molar-refractivity contribution is -0.137. The number of carbonyl (C=O) groups is 6. The van der Waals surface area contributed by atoms with Crippen molar-refractivity contribution in [1.82, 2.24) is 45.3 Å². The molecule has 1 atom stereocenters. The van der Waals surface area contributed by atoms with Gasteiger partial charge < -0.3 is 25.0 Å². The Labute approximate surface area is 326 Å². The van der Waals surface area contributed by atoms with E-state index in [4.69, 9.17) is 9.97 Å².